The average Bonchev–Trinajstić information content (AvgIpc) is 2.66. The number of benzene rings is 2. The smallest absolute Gasteiger partial charge is 0.270 e. The molecule has 0 atom stereocenters. The number of amides is 2. The topological polar surface area (TPSA) is 123 Å². The normalized spacial score (nSPS) is 10.3. The molecule has 0 saturated carbocycles. The first-order valence-corrected chi connectivity index (χ1v) is 7.48. The molecular weight excluding hydrogens is 340 g/mol. The van der Waals surface area contributed by atoms with Gasteiger partial charge in [0.15, 0.2) is 0 Å². The summed E-state index contributed by atoms with van der Waals surface area (Å²) in [6, 6.07) is 12.3. The summed E-state index contributed by atoms with van der Waals surface area (Å²) >= 11 is 0. The Kier molecular flexibility index (Phi) is 6.38. The molecule has 0 bridgehead atoms. The van der Waals surface area contributed by atoms with Gasteiger partial charge in [-0.25, -0.2) is 5.43 Å². The first-order chi connectivity index (χ1) is 12.5. The molecule has 0 radical (unpaired) electrons. The fourth-order valence-electron chi connectivity index (χ4n) is 1.96. The molecule has 2 amide bonds. The van der Waals surface area contributed by atoms with Gasteiger partial charge in [0.2, 0.25) is 0 Å². The number of rotatable bonds is 7. The lowest BCUT2D eigenvalue weighted by Crippen LogP contribution is -2.34. The summed E-state index contributed by atoms with van der Waals surface area (Å²) in [5.74, 6) is -0.437. The molecule has 0 fully saturated rings. The van der Waals surface area contributed by atoms with Crippen LogP contribution in [0.2, 0.25) is 0 Å². The van der Waals surface area contributed by atoms with Crippen molar-refractivity contribution >= 4 is 23.7 Å². The maximum Gasteiger partial charge on any atom is 0.270 e. The van der Waals surface area contributed by atoms with Crippen LogP contribution in [0.4, 0.5) is 5.69 Å². The third-order valence-electron chi connectivity index (χ3n) is 3.23. The molecule has 0 aliphatic heterocycles. The van der Waals surface area contributed by atoms with E-state index in [4.69, 9.17) is 4.74 Å². The number of nitro groups is 1. The van der Waals surface area contributed by atoms with Gasteiger partial charge in [0.1, 0.15) is 5.75 Å². The van der Waals surface area contributed by atoms with Crippen LogP contribution < -0.4 is 15.5 Å². The Morgan fingerprint density at radius 3 is 2.73 bits per heavy atom. The molecule has 9 heteroatoms. The Bertz CT molecular complexity index is 851. The third kappa shape index (κ3) is 5.41. The van der Waals surface area contributed by atoms with Gasteiger partial charge in [-0.15, -0.1) is 0 Å². The monoisotopic (exact) mass is 356 g/mol. The highest BCUT2D eigenvalue weighted by molar-refractivity contribution is 5.96. The average molecular weight is 356 g/mol. The van der Waals surface area contributed by atoms with Crippen LogP contribution in [0, 0.1) is 10.1 Å². The molecule has 2 rings (SSSR count). The highest BCUT2D eigenvalue weighted by Crippen LogP contribution is 2.12. The van der Waals surface area contributed by atoms with Crippen molar-refractivity contribution in [2.45, 2.75) is 0 Å². The number of nitrogens with zero attached hydrogens (tertiary/aromatic N) is 2. The Balaban J connectivity index is 1.84. The highest BCUT2D eigenvalue weighted by atomic mass is 16.6. The summed E-state index contributed by atoms with van der Waals surface area (Å²) in [4.78, 5) is 33.8. The summed E-state index contributed by atoms with van der Waals surface area (Å²) in [6.45, 7) is -0.275. The van der Waals surface area contributed by atoms with E-state index in [1.54, 1.807) is 30.3 Å². The Hall–Kier alpha value is -3.75. The van der Waals surface area contributed by atoms with Gasteiger partial charge in [-0.05, 0) is 18.2 Å². The molecule has 0 heterocycles. The third-order valence-corrected chi connectivity index (χ3v) is 3.23. The van der Waals surface area contributed by atoms with E-state index in [0.29, 0.717) is 16.9 Å². The van der Waals surface area contributed by atoms with Gasteiger partial charge < -0.3 is 10.1 Å². The zero-order valence-electron chi connectivity index (χ0n) is 13.8. The lowest BCUT2D eigenvalue weighted by atomic mass is 10.2. The van der Waals surface area contributed by atoms with Crippen molar-refractivity contribution in [2.24, 2.45) is 5.10 Å². The largest absolute Gasteiger partial charge is 0.497 e. The van der Waals surface area contributed by atoms with E-state index in [-0.39, 0.29) is 12.2 Å². The summed E-state index contributed by atoms with van der Waals surface area (Å²) < 4.78 is 5.03. The number of nitrogens with one attached hydrogen (secondary N) is 2. The summed E-state index contributed by atoms with van der Waals surface area (Å²) in [5, 5.41) is 16.8. The first kappa shape index (κ1) is 18.6. The lowest BCUT2D eigenvalue weighted by molar-refractivity contribution is -0.384. The molecule has 0 aliphatic carbocycles. The van der Waals surface area contributed by atoms with Crippen LogP contribution in [0.25, 0.3) is 0 Å². The van der Waals surface area contributed by atoms with Crippen molar-refractivity contribution in [3.63, 3.8) is 0 Å². The van der Waals surface area contributed by atoms with Crippen molar-refractivity contribution in [2.75, 3.05) is 13.7 Å². The Morgan fingerprint density at radius 2 is 2.00 bits per heavy atom. The predicted octanol–water partition coefficient (Wildman–Crippen LogP) is 1.48. The van der Waals surface area contributed by atoms with E-state index >= 15 is 0 Å². The number of non-ortho nitro benzene ring substituents is 1. The van der Waals surface area contributed by atoms with Gasteiger partial charge in [-0.2, -0.15) is 5.10 Å². The van der Waals surface area contributed by atoms with E-state index in [1.807, 2.05) is 0 Å². The van der Waals surface area contributed by atoms with E-state index in [2.05, 4.69) is 15.8 Å². The summed E-state index contributed by atoms with van der Waals surface area (Å²) in [6.07, 6.45) is 1.27. The molecule has 0 spiro atoms. The standard InChI is InChI=1S/C17H16N4O5/c1-26-15-7-3-5-13(9-15)17(23)18-11-16(22)20-19-10-12-4-2-6-14(8-12)21(24)25/h2-10H,11H2,1H3,(H,18,23)(H,20,22)/b19-10+. The molecule has 26 heavy (non-hydrogen) atoms. The quantitative estimate of drug-likeness (QED) is 0.442. The summed E-state index contributed by atoms with van der Waals surface area (Å²) in [5.41, 5.74) is 2.97. The predicted molar refractivity (Wildman–Crippen MR) is 94.2 cm³/mol. The van der Waals surface area contributed by atoms with Crippen molar-refractivity contribution in [1.82, 2.24) is 10.7 Å². The van der Waals surface area contributed by atoms with Crippen LogP contribution in [0.1, 0.15) is 15.9 Å². The molecule has 2 aromatic rings. The van der Waals surface area contributed by atoms with Gasteiger partial charge in [0.05, 0.1) is 24.8 Å². The molecule has 0 aromatic heterocycles. The number of hydrogen-bond acceptors (Lipinski definition) is 6. The molecule has 9 nitrogen and oxygen atoms in total. The van der Waals surface area contributed by atoms with Crippen molar-refractivity contribution in [1.29, 1.82) is 0 Å². The minimum Gasteiger partial charge on any atom is -0.497 e. The summed E-state index contributed by atoms with van der Waals surface area (Å²) in [7, 11) is 1.49. The second-order valence-corrected chi connectivity index (χ2v) is 5.06. The van der Waals surface area contributed by atoms with Crippen molar-refractivity contribution < 1.29 is 19.2 Å². The van der Waals surface area contributed by atoms with Gasteiger partial charge in [-0.3, -0.25) is 19.7 Å². The number of ether oxygens (including phenoxy) is 1. The number of hydrogen-bond donors (Lipinski definition) is 2. The van der Waals surface area contributed by atoms with Gasteiger partial charge in [0.25, 0.3) is 17.5 Å². The molecule has 2 aromatic carbocycles. The van der Waals surface area contributed by atoms with Crippen LogP contribution in [0.5, 0.6) is 5.75 Å². The SMILES string of the molecule is COc1cccc(C(=O)NCC(=O)N/N=C/c2cccc([N+](=O)[O-])c2)c1. The maximum absolute atomic E-state index is 12.0. The van der Waals surface area contributed by atoms with Crippen molar-refractivity contribution in [3.05, 3.63) is 69.8 Å². The number of carbonyl (C=O) groups is 2. The van der Waals surface area contributed by atoms with E-state index in [9.17, 15) is 19.7 Å². The van der Waals surface area contributed by atoms with E-state index in [1.165, 1.54) is 31.5 Å². The minimum absolute atomic E-state index is 0.0779. The number of carbonyl (C=O) groups excluding carboxylic acids is 2. The maximum atomic E-state index is 12.0. The second kappa shape index (κ2) is 8.92. The molecular formula is C17H16N4O5. The van der Waals surface area contributed by atoms with Crippen molar-refractivity contribution in [3.8, 4) is 5.75 Å². The van der Waals surface area contributed by atoms with Crippen LogP contribution in [-0.4, -0.2) is 36.6 Å². The molecule has 0 saturated heterocycles. The minimum atomic E-state index is -0.539. The number of hydrazone groups is 1. The van der Waals surface area contributed by atoms with Crippen LogP contribution in [-0.2, 0) is 4.79 Å². The van der Waals surface area contributed by atoms with Gasteiger partial charge in [-0.1, -0.05) is 18.2 Å². The highest BCUT2D eigenvalue weighted by Gasteiger charge is 2.08. The zero-order valence-corrected chi connectivity index (χ0v) is 13.8. The Morgan fingerprint density at radius 1 is 1.23 bits per heavy atom. The molecule has 0 aliphatic rings. The first-order valence-electron chi connectivity index (χ1n) is 7.48. The van der Waals surface area contributed by atoms with E-state index < -0.39 is 16.7 Å². The zero-order chi connectivity index (χ0) is 18.9. The van der Waals surface area contributed by atoms with E-state index in [0.717, 1.165) is 0 Å². The molecule has 0 unspecified atom stereocenters. The van der Waals surface area contributed by atoms with Crippen LogP contribution in [0.3, 0.4) is 0 Å². The molecule has 2 N–H and O–H groups in total. The fraction of sp³-hybridized carbons (Fsp3) is 0.118. The fourth-order valence-corrected chi connectivity index (χ4v) is 1.96. The number of methoxy groups -OCH3 is 1. The number of nitro benzene ring substituents is 1. The Labute approximate surface area is 148 Å². The van der Waals surface area contributed by atoms with Gasteiger partial charge >= 0.3 is 0 Å². The van der Waals surface area contributed by atoms with Crippen LogP contribution >= 0.6 is 0 Å². The van der Waals surface area contributed by atoms with Gasteiger partial charge in [0, 0.05) is 23.3 Å². The lowest BCUT2D eigenvalue weighted by Gasteiger charge is -2.05. The second-order valence-electron chi connectivity index (χ2n) is 5.06. The van der Waals surface area contributed by atoms with Crippen LogP contribution in [0.15, 0.2) is 53.6 Å². The molecule has 134 valence electrons.